The van der Waals surface area contributed by atoms with Crippen LogP contribution in [0.3, 0.4) is 0 Å². The minimum Gasteiger partial charge on any atom is -0.361 e. The van der Waals surface area contributed by atoms with E-state index in [9.17, 15) is 0 Å². The Morgan fingerprint density at radius 2 is 2.15 bits per heavy atom. The molecule has 2 aromatic rings. The van der Waals surface area contributed by atoms with Gasteiger partial charge in [-0.25, -0.2) is 0 Å². The van der Waals surface area contributed by atoms with Gasteiger partial charge in [-0.15, -0.1) is 0 Å². The number of rotatable bonds is 1. The summed E-state index contributed by atoms with van der Waals surface area (Å²) in [5.74, 6) is 0.860. The van der Waals surface area contributed by atoms with Crippen molar-refractivity contribution in [2.24, 2.45) is 0 Å². The summed E-state index contributed by atoms with van der Waals surface area (Å²) in [7, 11) is 0. The first-order valence-electron chi connectivity index (χ1n) is 4.12. The lowest BCUT2D eigenvalue weighted by atomic mass is 10.1. The topological polar surface area (TPSA) is 38.9 Å². The van der Waals surface area contributed by atoms with Crippen LogP contribution >= 0.6 is 0 Å². The molecule has 0 unspecified atom stereocenters. The van der Waals surface area contributed by atoms with Gasteiger partial charge >= 0.3 is 0 Å². The van der Waals surface area contributed by atoms with Gasteiger partial charge in [0, 0.05) is 23.5 Å². The van der Waals surface area contributed by atoms with Crippen LogP contribution in [0.15, 0.2) is 29.0 Å². The van der Waals surface area contributed by atoms with Crippen molar-refractivity contribution in [1.29, 1.82) is 0 Å². The van der Waals surface area contributed by atoms with Crippen molar-refractivity contribution in [1.82, 2.24) is 10.1 Å². The second-order valence-corrected chi connectivity index (χ2v) is 2.95. The highest BCUT2D eigenvalue weighted by Crippen LogP contribution is 2.22. The molecule has 0 bridgehead atoms. The normalized spacial score (nSPS) is 10.3. The quantitative estimate of drug-likeness (QED) is 0.666. The number of pyridine rings is 1. The number of hydrogen-bond acceptors (Lipinski definition) is 3. The minimum atomic E-state index is 0.860. The fourth-order valence-corrected chi connectivity index (χ4v) is 1.19. The maximum Gasteiger partial charge on any atom is 0.137 e. The molecule has 0 atom stereocenters. The summed E-state index contributed by atoms with van der Waals surface area (Å²) >= 11 is 0. The summed E-state index contributed by atoms with van der Waals surface area (Å²) in [6.45, 7) is 3.90. The van der Waals surface area contributed by atoms with E-state index in [0.29, 0.717) is 0 Å². The van der Waals surface area contributed by atoms with E-state index in [1.165, 1.54) is 0 Å². The minimum absolute atomic E-state index is 0.860. The lowest BCUT2D eigenvalue weighted by molar-refractivity contribution is 0.398. The zero-order valence-electron chi connectivity index (χ0n) is 7.61. The van der Waals surface area contributed by atoms with Gasteiger partial charge in [0.25, 0.3) is 0 Å². The molecule has 2 rings (SSSR count). The van der Waals surface area contributed by atoms with Crippen molar-refractivity contribution in [3.63, 3.8) is 0 Å². The molecule has 0 fully saturated rings. The molecule has 3 heteroatoms. The van der Waals surface area contributed by atoms with E-state index < -0.39 is 0 Å². The average Bonchev–Trinajstić information content (AvgIpc) is 2.49. The van der Waals surface area contributed by atoms with Crippen LogP contribution in [0.5, 0.6) is 0 Å². The lowest BCUT2D eigenvalue weighted by Crippen LogP contribution is -1.81. The first-order chi connectivity index (χ1) is 6.29. The van der Waals surface area contributed by atoms with Crippen LogP contribution in [0.25, 0.3) is 11.3 Å². The Morgan fingerprint density at radius 1 is 1.31 bits per heavy atom. The number of aryl methyl sites for hydroxylation is 1. The monoisotopic (exact) mass is 174 g/mol. The number of aromatic nitrogens is 2. The zero-order chi connectivity index (χ0) is 9.26. The van der Waals surface area contributed by atoms with Gasteiger partial charge in [0.2, 0.25) is 0 Å². The molecule has 2 aromatic heterocycles. The van der Waals surface area contributed by atoms with Gasteiger partial charge in [-0.1, -0.05) is 5.16 Å². The predicted octanol–water partition coefficient (Wildman–Crippen LogP) is 2.35. The third kappa shape index (κ3) is 1.33. The molecular weight excluding hydrogens is 164 g/mol. The van der Waals surface area contributed by atoms with E-state index in [4.69, 9.17) is 4.52 Å². The fraction of sp³-hybridized carbons (Fsp3) is 0.200. The summed E-state index contributed by atoms with van der Waals surface area (Å²) in [5, 5.41) is 3.97. The van der Waals surface area contributed by atoms with Crippen molar-refractivity contribution >= 4 is 0 Å². The molecule has 0 aliphatic rings. The molecule has 13 heavy (non-hydrogen) atoms. The zero-order valence-corrected chi connectivity index (χ0v) is 7.61. The first-order valence-corrected chi connectivity index (χ1v) is 4.12. The smallest absolute Gasteiger partial charge is 0.137 e. The van der Waals surface area contributed by atoms with E-state index in [-0.39, 0.29) is 0 Å². The van der Waals surface area contributed by atoms with Crippen molar-refractivity contribution in [2.45, 2.75) is 13.8 Å². The molecule has 0 aliphatic carbocycles. The Kier molecular flexibility index (Phi) is 1.85. The van der Waals surface area contributed by atoms with Crippen molar-refractivity contribution < 1.29 is 4.52 Å². The summed E-state index contributed by atoms with van der Waals surface area (Å²) < 4.78 is 5.07. The van der Waals surface area contributed by atoms with E-state index >= 15 is 0 Å². The lowest BCUT2D eigenvalue weighted by Gasteiger charge is -1.94. The maximum atomic E-state index is 5.07. The fourth-order valence-electron chi connectivity index (χ4n) is 1.19. The summed E-state index contributed by atoms with van der Waals surface area (Å²) in [5.41, 5.74) is 2.95. The Labute approximate surface area is 76.4 Å². The van der Waals surface area contributed by atoms with E-state index in [1.54, 1.807) is 12.4 Å². The van der Waals surface area contributed by atoms with Gasteiger partial charge in [-0.2, -0.15) is 0 Å². The second-order valence-electron chi connectivity index (χ2n) is 2.95. The van der Waals surface area contributed by atoms with Crippen molar-refractivity contribution in [3.05, 3.63) is 35.9 Å². The van der Waals surface area contributed by atoms with Gasteiger partial charge in [-0.05, 0) is 26.0 Å². The van der Waals surface area contributed by atoms with Crippen LogP contribution in [0.1, 0.15) is 11.3 Å². The highest BCUT2D eigenvalue weighted by Gasteiger charge is 2.09. The van der Waals surface area contributed by atoms with E-state index in [2.05, 4.69) is 10.1 Å². The Bertz CT molecular complexity index is 406. The third-order valence-corrected chi connectivity index (χ3v) is 2.09. The van der Waals surface area contributed by atoms with Gasteiger partial charge in [0.1, 0.15) is 11.5 Å². The Morgan fingerprint density at radius 3 is 2.69 bits per heavy atom. The Balaban J connectivity index is 2.53. The largest absolute Gasteiger partial charge is 0.361 e. The average molecular weight is 174 g/mol. The van der Waals surface area contributed by atoms with Crippen LogP contribution in [0.2, 0.25) is 0 Å². The van der Waals surface area contributed by atoms with Gasteiger partial charge in [-0.3, -0.25) is 4.98 Å². The second kappa shape index (κ2) is 3.01. The van der Waals surface area contributed by atoms with Crippen LogP contribution in [0, 0.1) is 13.8 Å². The third-order valence-electron chi connectivity index (χ3n) is 2.09. The van der Waals surface area contributed by atoms with Crippen LogP contribution in [-0.4, -0.2) is 10.1 Å². The highest BCUT2D eigenvalue weighted by molar-refractivity contribution is 5.61. The van der Waals surface area contributed by atoms with Crippen LogP contribution < -0.4 is 0 Å². The molecule has 0 spiro atoms. The molecule has 0 saturated carbocycles. The SMILES string of the molecule is Cc1onc(-c2cccnc2)c1C. The summed E-state index contributed by atoms with van der Waals surface area (Å²) in [6, 6.07) is 3.86. The molecule has 2 heterocycles. The molecule has 0 aliphatic heterocycles. The highest BCUT2D eigenvalue weighted by atomic mass is 16.5. The van der Waals surface area contributed by atoms with Crippen molar-refractivity contribution in [2.75, 3.05) is 0 Å². The first kappa shape index (κ1) is 7.98. The molecular formula is C10H10N2O. The summed E-state index contributed by atoms with van der Waals surface area (Å²) in [4.78, 5) is 4.03. The van der Waals surface area contributed by atoms with Crippen molar-refractivity contribution in [3.8, 4) is 11.3 Å². The Hall–Kier alpha value is -1.64. The molecule has 0 aromatic carbocycles. The molecule has 0 amide bonds. The predicted molar refractivity (Wildman–Crippen MR) is 49.2 cm³/mol. The molecule has 0 radical (unpaired) electrons. The van der Waals surface area contributed by atoms with E-state index in [0.717, 1.165) is 22.6 Å². The van der Waals surface area contributed by atoms with Crippen LogP contribution in [0.4, 0.5) is 0 Å². The number of hydrogen-bond donors (Lipinski definition) is 0. The van der Waals surface area contributed by atoms with Crippen LogP contribution in [-0.2, 0) is 0 Å². The molecule has 66 valence electrons. The standard InChI is InChI=1S/C10H10N2O/c1-7-8(2)13-12-10(7)9-4-3-5-11-6-9/h3-6H,1-2H3. The summed E-state index contributed by atoms with van der Waals surface area (Å²) in [6.07, 6.45) is 3.52. The number of nitrogens with zero attached hydrogens (tertiary/aromatic N) is 2. The van der Waals surface area contributed by atoms with E-state index in [1.807, 2.05) is 26.0 Å². The molecule has 3 nitrogen and oxygen atoms in total. The van der Waals surface area contributed by atoms with Gasteiger partial charge < -0.3 is 4.52 Å². The van der Waals surface area contributed by atoms with Gasteiger partial charge in [0.05, 0.1) is 0 Å². The maximum absolute atomic E-state index is 5.07. The van der Waals surface area contributed by atoms with Gasteiger partial charge in [0.15, 0.2) is 0 Å². The molecule has 0 saturated heterocycles. The molecule has 0 N–H and O–H groups in total.